The van der Waals surface area contributed by atoms with Gasteiger partial charge in [0.25, 0.3) is 0 Å². The van der Waals surface area contributed by atoms with Crippen LogP contribution in [0.3, 0.4) is 0 Å². The first-order valence-electron chi connectivity index (χ1n) is 12.7. The molecule has 1 aliphatic rings. The molecule has 1 saturated carbocycles. The first-order valence-corrected chi connectivity index (χ1v) is 13.1. The number of rotatable bonds is 13. The fourth-order valence-electron chi connectivity index (χ4n) is 4.01. The van der Waals surface area contributed by atoms with E-state index < -0.39 is 23.3 Å². The predicted octanol–water partition coefficient (Wildman–Crippen LogP) is 4.61. The second-order valence-corrected chi connectivity index (χ2v) is 10.8. The number of amides is 1. The lowest BCUT2D eigenvalue weighted by molar-refractivity contribution is -0.138. The molecular weight excluding hydrogens is 541 g/mol. The van der Waals surface area contributed by atoms with Gasteiger partial charge >= 0.3 is 5.97 Å². The summed E-state index contributed by atoms with van der Waals surface area (Å²) >= 11 is 5.92. The molecular formula is C28H31ClFN5O5. The molecule has 0 bridgehead atoms. The number of nitrogens with one attached hydrogen (secondary N) is 2. The van der Waals surface area contributed by atoms with Gasteiger partial charge in [-0.2, -0.15) is 0 Å². The Balaban J connectivity index is 1.56. The lowest BCUT2D eigenvalue weighted by Crippen LogP contribution is -2.41. The minimum absolute atomic E-state index is 0.0386. The Labute approximate surface area is 235 Å². The number of nitrogens with zero attached hydrogens (tertiary/aromatic N) is 3. The molecule has 0 atom stereocenters. The molecule has 4 N–H and O–H groups in total. The van der Waals surface area contributed by atoms with E-state index >= 15 is 0 Å². The molecule has 3 aromatic rings. The summed E-state index contributed by atoms with van der Waals surface area (Å²) in [6.07, 6.45) is 6.40. The number of aromatic nitrogens is 2. The van der Waals surface area contributed by atoms with Gasteiger partial charge in [0.1, 0.15) is 23.7 Å². The van der Waals surface area contributed by atoms with E-state index in [0.717, 1.165) is 12.8 Å². The van der Waals surface area contributed by atoms with Crippen LogP contribution >= 0.6 is 11.6 Å². The highest BCUT2D eigenvalue weighted by molar-refractivity contribution is 6.31. The SMILES string of the molecule is CC(C)(O)CN(CC=CC(=O)Nc1cc2c(Nc3ccc(F)c(Cl)c3)ncnc2cc1OCC1CC1)CC(=O)O. The van der Waals surface area contributed by atoms with Gasteiger partial charge in [-0.3, -0.25) is 14.5 Å². The minimum atomic E-state index is -1.10. The molecule has 0 radical (unpaired) electrons. The highest BCUT2D eigenvalue weighted by Gasteiger charge is 2.23. The van der Waals surface area contributed by atoms with Crippen molar-refractivity contribution >= 4 is 51.6 Å². The van der Waals surface area contributed by atoms with E-state index in [9.17, 15) is 19.1 Å². The number of fused-ring (bicyclic) bond motifs is 1. The number of carbonyl (C=O) groups excluding carboxylic acids is 1. The maximum absolute atomic E-state index is 13.6. The van der Waals surface area contributed by atoms with Crippen LogP contribution in [0.4, 0.5) is 21.6 Å². The lowest BCUT2D eigenvalue weighted by Gasteiger charge is -2.26. The van der Waals surface area contributed by atoms with Crippen LogP contribution < -0.4 is 15.4 Å². The zero-order chi connectivity index (χ0) is 28.9. The van der Waals surface area contributed by atoms with E-state index in [2.05, 4.69) is 20.6 Å². The van der Waals surface area contributed by atoms with Crippen molar-refractivity contribution in [2.45, 2.75) is 32.3 Å². The Morgan fingerprint density at radius 3 is 2.70 bits per heavy atom. The second-order valence-electron chi connectivity index (χ2n) is 10.4. The van der Waals surface area contributed by atoms with Crippen LogP contribution in [0.1, 0.15) is 26.7 Å². The number of carboxylic acids is 1. The van der Waals surface area contributed by atoms with Crippen molar-refractivity contribution < 1.29 is 28.9 Å². The minimum Gasteiger partial charge on any atom is -0.491 e. The third-order valence-corrected chi connectivity index (χ3v) is 6.24. The maximum Gasteiger partial charge on any atom is 0.317 e. The number of carboxylic acid groups (broad SMARTS) is 1. The summed E-state index contributed by atoms with van der Waals surface area (Å²) < 4.78 is 19.6. The van der Waals surface area contributed by atoms with E-state index in [1.165, 1.54) is 41.6 Å². The van der Waals surface area contributed by atoms with Gasteiger partial charge in [0.15, 0.2) is 0 Å². The highest BCUT2D eigenvalue weighted by Crippen LogP contribution is 2.36. The Bertz CT molecular complexity index is 1420. The Kier molecular flexibility index (Phi) is 9.18. The van der Waals surface area contributed by atoms with Crippen molar-refractivity contribution in [3.05, 3.63) is 59.7 Å². The zero-order valence-electron chi connectivity index (χ0n) is 22.2. The molecule has 1 aliphatic carbocycles. The third-order valence-electron chi connectivity index (χ3n) is 5.95. The van der Waals surface area contributed by atoms with Crippen molar-refractivity contribution in [2.24, 2.45) is 5.92 Å². The monoisotopic (exact) mass is 571 g/mol. The lowest BCUT2D eigenvalue weighted by atomic mass is 10.1. The molecule has 1 amide bonds. The number of benzene rings is 2. The molecule has 0 aliphatic heterocycles. The number of anilines is 3. The van der Waals surface area contributed by atoms with Crippen LogP contribution in [0.25, 0.3) is 10.9 Å². The van der Waals surface area contributed by atoms with Gasteiger partial charge < -0.3 is 25.6 Å². The smallest absolute Gasteiger partial charge is 0.317 e. The molecule has 1 aromatic heterocycles. The van der Waals surface area contributed by atoms with Crippen molar-refractivity contribution in [2.75, 3.05) is 36.9 Å². The molecule has 10 nitrogen and oxygen atoms in total. The fraction of sp³-hybridized carbons (Fsp3) is 0.357. The molecule has 0 unspecified atom stereocenters. The molecule has 0 saturated heterocycles. The van der Waals surface area contributed by atoms with Gasteiger partial charge in [0.05, 0.1) is 35.0 Å². The average Bonchev–Trinajstić information content (AvgIpc) is 3.68. The summed E-state index contributed by atoms with van der Waals surface area (Å²) in [5.41, 5.74) is 0.390. The normalized spacial score (nSPS) is 13.7. The van der Waals surface area contributed by atoms with Crippen molar-refractivity contribution in [3.63, 3.8) is 0 Å². The van der Waals surface area contributed by atoms with Gasteiger partial charge in [-0.05, 0) is 56.9 Å². The van der Waals surface area contributed by atoms with E-state index in [-0.39, 0.29) is 24.7 Å². The number of hydrogen-bond donors (Lipinski definition) is 4. The summed E-state index contributed by atoms with van der Waals surface area (Å²) in [5, 5.41) is 25.7. The third kappa shape index (κ3) is 8.60. The molecule has 0 spiro atoms. The van der Waals surface area contributed by atoms with Gasteiger partial charge in [-0.1, -0.05) is 17.7 Å². The number of aliphatic hydroxyl groups is 1. The predicted molar refractivity (Wildman–Crippen MR) is 151 cm³/mol. The summed E-state index contributed by atoms with van der Waals surface area (Å²) in [7, 11) is 0. The van der Waals surface area contributed by atoms with Gasteiger partial charge in [0, 0.05) is 36.3 Å². The van der Waals surface area contributed by atoms with Crippen molar-refractivity contribution in [1.29, 1.82) is 0 Å². The van der Waals surface area contributed by atoms with E-state index in [4.69, 9.17) is 21.4 Å². The van der Waals surface area contributed by atoms with Crippen molar-refractivity contribution in [1.82, 2.24) is 14.9 Å². The Morgan fingerprint density at radius 2 is 2.02 bits per heavy atom. The first-order chi connectivity index (χ1) is 19.0. The Morgan fingerprint density at radius 1 is 1.25 bits per heavy atom. The number of hydrogen-bond acceptors (Lipinski definition) is 8. The van der Waals surface area contributed by atoms with Gasteiger partial charge in [-0.25, -0.2) is 14.4 Å². The van der Waals surface area contributed by atoms with E-state index in [1.54, 1.807) is 26.0 Å². The van der Waals surface area contributed by atoms with Gasteiger partial charge in [0.2, 0.25) is 5.91 Å². The zero-order valence-corrected chi connectivity index (χ0v) is 22.9. The topological polar surface area (TPSA) is 137 Å². The highest BCUT2D eigenvalue weighted by atomic mass is 35.5. The summed E-state index contributed by atoms with van der Waals surface area (Å²) in [5.74, 6) is -0.688. The maximum atomic E-state index is 13.6. The molecule has 12 heteroatoms. The first kappa shape index (κ1) is 29.2. The van der Waals surface area contributed by atoms with Crippen LogP contribution in [-0.4, -0.2) is 68.8 Å². The molecule has 1 fully saturated rings. The second kappa shape index (κ2) is 12.6. The van der Waals surface area contributed by atoms with E-state index in [1.807, 2.05) is 0 Å². The molecule has 1 heterocycles. The van der Waals surface area contributed by atoms with Gasteiger partial charge in [-0.15, -0.1) is 0 Å². The average molecular weight is 572 g/mol. The van der Waals surface area contributed by atoms with E-state index in [0.29, 0.717) is 46.4 Å². The standard InChI is InChI=1S/C28H31ClFN5O5/c1-28(2,39)15-35(13-26(37)38)9-3-4-25(36)34-23-11-19-22(12-24(23)40-14-17-5-6-17)31-16-32-27(19)33-18-7-8-21(30)20(29)10-18/h3-4,7-8,10-12,16-17,39H,5-6,9,13-15H2,1-2H3,(H,34,36)(H,37,38)(H,31,32,33). The van der Waals surface area contributed by atoms with Crippen LogP contribution in [0.15, 0.2) is 48.8 Å². The van der Waals surface area contributed by atoms with Crippen LogP contribution in [0.5, 0.6) is 5.75 Å². The largest absolute Gasteiger partial charge is 0.491 e. The van der Waals surface area contributed by atoms with Crippen LogP contribution in [0.2, 0.25) is 5.02 Å². The summed E-state index contributed by atoms with van der Waals surface area (Å²) in [6, 6.07) is 7.63. The quantitative estimate of drug-likeness (QED) is 0.217. The number of halogens is 2. The molecule has 40 heavy (non-hydrogen) atoms. The van der Waals surface area contributed by atoms with Crippen LogP contribution in [-0.2, 0) is 9.59 Å². The number of aliphatic carboxylic acids is 1. The molecule has 2 aromatic carbocycles. The number of carbonyl (C=O) groups is 2. The van der Waals surface area contributed by atoms with Crippen LogP contribution in [0, 0.1) is 11.7 Å². The fourth-order valence-corrected chi connectivity index (χ4v) is 4.19. The summed E-state index contributed by atoms with van der Waals surface area (Å²) in [6.45, 7) is 3.65. The number of ether oxygens (including phenoxy) is 1. The van der Waals surface area contributed by atoms with Crippen molar-refractivity contribution in [3.8, 4) is 5.75 Å². The molecule has 4 rings (SSSR count). The summed E-state index contributed by atoms with van der Waals surface area (Å²) in [4.78, 5) is 34.2. The molecule has 212 valence electrons. The Hall–Kier alpha value is -3.80.